The molecule has 2 heterocycles. The molecule has 4 rings (SSSR count). The van der Waals surface area contributed by atoms with Crippen LogP contribution < -0.4 is 15.7 Å². The molecule has 35 heavy (non-hydrogen) atoms. The van der Waals surface area contributed by atoms with Crippen LogP contribution in [0, 0.1) is 6.92 Å². The van der Waals surface area contributed by atoms with Crippen molar-refractivity contribution < 1.29 is 23.8 Å². The van der Waals surface area contributed by atoms with Crippen molar-refractivity contribution in [3.8, 4) is 5.75 Å². The molecule has 8 nitrogen and oxygen atoms in total. The lowest BCUT2D eigenvalue weighted by molar-refractivity contribution is -0.141. The van der Waals surface area contributed by atoms with Gasteiger partial charge in [0.15, 0.2) is 0 Å². The average Bonchev–Trinajstić information content (AvgIpc) is 3.22. The van der Waals surface area contributed by atoms with Crippen molar-refractivity contribution in [3.63, 3.8) is 0 Å². The summed E-state index contributed by atoms with van der Waals surface area (Å²) in [7, 11) is 0. The van der Waals surface area contributed by atoms with Crippen LogP contribution in [0.2, 0.25) is 0 Å². The molecule has 3 N–H and O–H groups in total. The fraction of sp³-hybridized carbons (Fsp3) is 0.222. The summed E-state index contributed by atoms with van der Waals surface area (Å²) in [4.78, 5) is 40.4. The molecule has 0 aliphatic carbocycles. The first kappa shape index (κ1) is 23.8. The second-order valence-corrected chi connectivity index (χ2v) is 8.60. The maximum atomic E-state index is 12.8. The topological polar surface area (TPSA) is 122 Å². The van der Waals surface area contributed by atoms with E-state index in [-0.39, 0.29) is 18.4 Å². The van der Waals surface area contributed by atoms with Crippen LogP contribution in [0.1, 0.15) is 23.6 Å². The molecule has 1 amide bonds. The standard InChI is InChI=1S/C27H26N2O6/c1-15(2)14-34-18-8-9-19-16(3)21(27(33)35-24(19)11-18)12-25(30)29-23(26(31)32)10-17-13-28-22-7-5-4-6-20(17)22/h4-9,11,13,23,28H,1,10,12,14H2,2-3H3,(H,29,30)(H,31,32)/t23-/m0/s1. The normalized spacial score (nSPS) is 11.9. The number of carboxylic acids is 1. The summed E-state index contributed by atoms with van der Waals surface area (Å²) in [6, 6.07) is 11.5. The van der Waals surface area contributed by atoms with Gasteiger partial charge in [-0.2, -0.15) is 0 Å². The highest BCUT2D eigenvalue weighted by atomic mass is 16.5. The summed E-state index contributed by atoms with van der Waals surface area (Å²) in [5.41, 5.74) is 3.00. The van der Waals surface area contributed by atoms with E-state index in [9.17, 15) is 19.5 Å². The third-order valence-electron chi connectivity index (χ3n) is 5.81. The van der Waals surface area contributed by atoms with Gasteiger partial charge in [-0.25, -0.2) is 9.59 Å². The lowest BCUT2D eigenvalue weighted by Gasteiger charge is -2.15. The average molecular weight is 475 g/mol. The Morgan fingerprint density at radius 1 is 1.20 bits per heavy atom. The van der Waals surface area contributed by atoms with E-state index in [1.54, 1.807) is 31.3 Å². The molecule has 2 aromatic carbocycles. The van der Waals surface area contributed by atoms with Crippen LogP contribution in [-0.4, -0.2) is 34.6 Å². The van der Waals surface area contributed by atoms with E-state index in [1.807, 2.05) is 31.2 Å². The number of hydrogen-bond donors (Lipinski definition) is 3. The summed E-state index contributed by atoms with van der Waals surface area (Å²) >= 11 is 0. The molecule has 4 aromatic rings. The highest BCUT2D eigenvalue weighted by molar-refractivity contribution is 5.89. The van der Waals surface area contributed by atoms with Crippen LogP contribution >= 0.6 is 0 Å². The second kappa shape index (κ2) is 9.89. The smallest absolute Gasteiger partial charge is 0.340 e. The van der Waals surface area contributed by atoms with Crippen molar-refractivity contribution in [3.05, 3.63) is 87.9 Å². The number of fused-ring (bicyclic) bond motifs is 2. The summed E-state index contributed by atoms with van der Waals surface area (Å²) < 4.78 is 11.1. The van der Waals surface area contributed by atoms with Crippen molar-refractivity contribution in [2.45, 2.75) is 32.7 Å². The molecule has 0 aliphatic rings. The van der Waals surface area contributed by atoms with Crippen LogP contribution in [0.5, 0.6) is 5.75 Å². The number of ether oxygens (including phenoxy) is 1. The van der Waals surface area contributed by atoms with E-state index < -0.39 is 23.5 Å². The highest BCUT2D eigenvalue weighted by Gasteiger charge is 2.23. The predicted octanol–water partition coefficient (Wildman–Crippen LogP) is 3.89. The number of carboxylic acid groups (broad SMARTS) is 1. The van der Waals surface area contributed by atoms with Crippen molar-refractivity contribution >= 4 is 33.7 Å². The Morgan fingerprint density at radius 3 is 2.71 bits per heavy atom. The molecule has 0 aliphatic heterocycles. The Morgan fingerprint density at radius 2 is 1.97 bits per heavy atom. The van der Waals surface area contributed by atoms with Crippen molar-refractivity contribution in [1.82, 2.24) is 10.3 Å². The van der Waals surface area contributed by atoms with Gasteiger partial charge < -0.3 is 24.6 Å². The number of benzene rings is 2. The van der Waals surface area contributed by atoms with Crippen LogP contribution in [0.25, 0.3) is 21.9 Å². The minimum atomic E-state index is -1.16. The van der Waals surface area contributed by atoms with Gasteiger partial charge in [0.1, 0.15) is 24.0 Å². The third-order valence-corrected chi connectivity index (χ3v) is 5.81. The SMILES string of the molecule is C=C(C)COc1ccc2c(C)c(CC(=O)N[C@@H](Cc3c[nH]c4ccccc34)C(=O)O)c(=O)oc2c1. The Hall–Kier alpha value is -4.33. The minimum Gasteiger partial charge on any atom is -0.489 e. The highest BCUT2D eigenvalue weighted by Crippen LogP contribution is 2.25. The second-order valence-electron chi connectivity index (χ2n) is 8.60. The zero-order chi connectivity index (χ0) is 25.1. The van der Waals surface area contributed by atoms with Crippen LogP contribution in [-0.2, 0) is 22.4 Å². The molecule has 0 bridgehead atoms. The number of aliphatic carboxylic acids is 1. The van der Waals surface area contributed by atoms with E-state index in [1.165, 1.54) is 0 Å². The first-order chi connectivity index (χ1) is 16.7. The zero-order valence-corrected chi connectivity index (χ0v) is 19.5. The first-order valence-corrected chi connectivity index (χ1v) is 11.1. The maximum absolute atomic E-state index is 12.8. The van der Waals surface area contributed by atoms with Gasteiger partial charge in [-0.15, -0.1) is 0 Å². The molecule has 1 atom stereocenters. The van der Waals surface area contributed by atoms with E-state index in [0.717, 1.165) is 22.0 Å². The number of H-pyrrole nitrogens is 1. The number of nitrogens with one attached hydrogen (secondary N) is 2. The van der Waals surface area contributed by atoms with Gasteiger partial charge in [-0.1, -0.05) is 24.8 Å². The number of hydrogen-bond acceptors (Lipinski definition) is 5. The summed E-state index contributed by atoms with van der Waals surface area (Å²) in [5.74, 6) is -1.20. The van der Waals surface area contributed by atoms with Crippen LogP contribution in [0.3, 0.4) is 0 Å². The molecule has 0 radical (unpaired) electrons. The number of para-hydroxylation sites is 1. The van der Waals surface area contributed by atoms with Crippen molar-refractivity contribution in [2.75, 3.05) is 6.61 Å². The van der Waals surface area contributed by atoms with E-state index in [2.05, 4.69) is 16.9 Å². The largest absolute Gasteiger partial charge is 0.489 e. The van der Waals surface area contributed by atoms with Gasteiger partial charge in [-0.05, 0) is 48.7 Å². The Balaban J connectivity index is 1.52. The molecule has 2 aromatic heterocycles. The molecule has 0 fully saturated rings. The van der Waals surface area contributed by atoms with E-state index in [0.29, 0.717) is 28.9 Å². The number of aromatic nitrogens is 1. The first-order valence-electron chi connectivity index (χ1n) is 11.1. The van der Waals surface area contributed by atoms with Gasteiger partial charge in [-0.3, -0.25) is 4.79 Å². The summed E-state index contributed by atoms with van der Waals surface area (Å²) in [5, 5.41) is 13.8. The molecular formula is C27H26N2O6. The molecular weight excluding hydrogens is 448 g/mol. The Bertz CT molecular complexity index is 1500. The number of carbonyl (C=O) groups is 2. The van der Waals surface area contributed by atoms with Crippen molar-refractivity contribution in [1.29, 1.82) is 0 Å². The zero-order valence-electron chi connectivity index (χ0n) is 19.5. The molecule has 180 valence electrons. The number of amides is 1. The van der Waals surface area contributed by atoms with Crippen LogP contribution in [0.15, 0.2) is 70.0 Å². The van der Waals surface area contributed by atoms with E-state index in [4.69, 9.17) is 9.15 Å². The van der Waals surface area contributed by atoms with Crippen LogP contribution in [0.4, 0.5) is 0 Å². The summed E-state index contributed by atoms with van der Waals surface area (Å²) in [6.45, 7) is 7.71. The number of aromatic amines is 1. The predicted molar refractivity (Wildman–Crippen MR) is 133 cm³/mol. The molecule has 0 unspecified atom stereocenters. The van der Waals surface area contributed by atoms with Gasteiger partial charge in [0.2, 0.25) is 5.91 Å². The van der Waals surface area contributed by atoms with Gasteiger partial charge in [0, 0.05) is 35.0 Å². The van der Waals surface area contributed by atoms with Gasteiger partial charge >= 0.3 is 11.6 Å². The monoisotopic (exact) mass is 474 g/mol. The van der Waals surface area contributed by atoms with E-state index >= 15 is 0 Å². The number of aryl methyl sites for hydroxylation is 1. The van der Waals surface area contributed by atoms with Gasteiger partial charge in [0.05, 0.1) is 12.0 Å². The lowest BCUT2D eigenvalue weighted by atomic mass is 10.0. The van der Waals surface area contributed by atoms with Crippen molar-refractivity contribution in [2.24, 2.45) is 0 Å². The molecule has 8 heteroatoms. The lowest BCUT2D eigenvalue weighted by Crippen LogP contribution is -2.43. The minimum absolute atomic E-state index is 0.101. The fourth-order valence-electron chi connectivity index (χ4n) is 4.00. The molecule has 0 spiro atoms. The van der Waals surface area contributed by atoms with Gasteiger partial charge in [0.25, 0.3) is 0 Å². The third kappa shape index (κ3) is 5.27. The maximum Gasteiger partial charge on any atom is 0.340 e. The Labute approximate surface area is 201 Å². The number of carbonyl (C=O) groups excluding carboxylic acids is 1. The molecule has 0 saturated carbocycles. The molecule has 0 saturated heterocycles. The fourth-order valence-corrected chi connectivity index (χ4v) is 4.00. The summed E-state index contributed by atoms with van der Waals surface area (Å²) in [6.07, 6.45) is 1.54. The quantitative estimate of drug-likeness (QED) is 0.250. The number of rotatable bonds is 9. The Kier molecular flexibility index (Phi) is 6.73.